The lowest BCUT2D eigenvalue weighted by Crippen LogP contribution is -1.72. The Bertz CT molecular complexity index is 74.9. The van der Waals surface area contributed by atoms with E-state index in [1.54, 1.807) is 0 Å². The third-order valence-electron chi connectivity index (χ3n) is 0.288. The minimum atomic E-state index is -2.31. The molecule has 0 aromatic rings. The van der Waals surface area contributed by atoms with E-state index in [1.807, 2.05) is 0 Å². The summed E-state index contributed by atoms with van der Waals surface area (Å²) in [6.07, 6.45) is -0.674. The van der Waals surface area contributed by atoms with Crippen molar-refractivity contribution in [3.05, 3.63) is 0 Å². The van der Waals surface area contributed by atoms with Crippen LogP contribution < -0.4 is 0 Å². The van der Waals surface area contributed by atoms with Crippen LogP contribution in [0.15, 0.2) is 0 Å². The molecule has 0 aliphatic heterocycles. The maximum atomic E-state index is 11.2. The Hall–Kier alpha value is 0.160. The van der Waals surface area contributed by atoms with E-state index in [9.17, 15) is 8.96 Å². The molecule has 0 rings (SSSR count). The third kappa shape index (κ3) is 4.16. The zero-order chi connectivity index (χ0) is 5.21. The predicted octanol–water partition coefficient (Wildman–Crippen LogP) is 1.54. The van der Waals surface area contributed by atoms with Crippen molar-refractivity contribution in [2.24, 2.45) is 0 Å². The first-order chi connectivity index (χ1) is 2.56. The summed E-state index contributed by atoms with van der Waals surface area (Å²) in [6, 6.07) is 0. The number of hydrogen-bond donors (Lipinski definition) is 0. The average molecular weight is 110 g/mol. The summed E-state index contributed by atoms with van der Waals surface area (Å²) >= 11 is 0. The highest BCUT2D eigenvalue weighted by Crippen LogP contribution is 2.34. The lowest BCUT2D eigenvalue weighted by Gasteiger charge is -1.92. The monoisotopic (exact) mass is 110 g/mol. The maximum absolute atomic E-state index is 11.2. The van der Waals surface area contributed by atoms with Gasteiger partial charge in [-0.15, -0.1) is 0 Å². The van der Waals surface area contributed by atoms with Gasteiger partial charge < -0.3 is 4.57 Å². The number of halogens is 1. The summed E-state index contributed by atoms with van der Waals surface area (Å²) in [4.78, 5) is 0. The predicted molar refractivity (Wildman–Crippen MR) is 25.4 cm³/mol. The summed E-state index contributed by atoms with van der Waals surface area (Å²) in [5.74, 6) is 0. The molecule has 0 aliphatic rings. The third-order valence-corrected chi connectivity index (χ3v) is 0.864. The Labute approximate surface area is 36.9 Å². The van der Waals surface area contributed by atoms with Crippen LogP contribution in [0.4, 0.5) is 4.39 Å². The van der Waals surface area contributed by atoms with E-state index in [2.05, 4.69) is 0 Å². The molecule has 38 valence electrons. The van der Waals surface area contributed by atoms with Gasteiger partial charge in [-0.2, -0.15) is 0 Å². The second kappa shape index (κ2) is 1.74. The molecule has 0 unspecified atom stereocenters. The van der Waals surface area contributed by atoms with Gasteiger partial charge in [-0.3, -0.25) is 0 Å². The van der Waals surface area contributed by atoms with Crippen molar-refractivity contribution < 1.29 is 8.96 Å². The molecular weight excluding hydrogens is 102 g/mol. The highest BCUT2D eigenvalue weighted by atomic mass is 31.2. The van der Waals surface area contributed by atoms with Crippen LogP contribution in [-0.2, 0) is 4.57 Å². The van der Waals surface area contributed by atoms with Crippen molar-refractivity contribution in [3.8, 4) is 0 Å². The van der Waals surface area contributed by atoms with Gasteiger partial charge in [0, 0.05) is 0 Å². The lowest BCUT2D eigenvalue weighted by atomic mass is 11.8. The van der Waals surface area contributed by atoms with Crippen LogP contribution in [0.3, 0.4) is 0 Å². The van der Waals surface area contributed by atoms with Crippen LogP contribution in [0.5, 0.6) is 0 Å². The minimum absolute atomic E-state index is 0.674. The van der Waals surface area contributed by atoms with E-state index >= 15 is 0 Å². The second-order valence-electron chi connectivity index (χ2n) is 1.69. The Kier molecular flexibility index (Phi) is 1.79. The van der Waals surface area contributed by atoms with Crippen LogP contribution in [-0.4, -0.2) is 19.7 Å². The van der Waals surface area contributed by atoms with Gasteiger partial charge in [-0.1, -0.05) is 0 Å². The molecule has 0 heterocycles. The Morgan fingerprint density at radius 3 is 1.83 bits per heavy atom. The molecule has 0 N–H and O–H groups in total. The number of rotatable bonds is 1. The fourth-order valence-corrected chi connectivity index (χ4v) is 0. The first kappa shape index (κ1) is 6.16. The molecule has 0 saturated carbocycles. The van der Waals surface area contributed by atoms with Crippen molar-refractivity contribution in [1.82, 2.24) is 0 Å². The van der Waals surface area contributed by atoms with Crippen LogP contribution in [0.2, 0.25) is 0 Å². The van der Waals surface area contributed by atoms with Gasteiger partial charge in [0.2, 0.25) is 0 Å². The molecule has 0 aromatic carbocycles. The molecule has 1 nitrogen and oxygen atoms in total. The van der Waals surface area contributed by atoms with Crippen LogP contribution in [0, 0.1) is 0 Å². The van der Waals surface area contributed by atoms with Crippen LogP contribution in [0.1, 0.15) is 0 Å². The number of alkyl halides is 1. The standard InChI is InChI=1S/C3H8FOP/c1-6(2,5)3-4/h3H2,1-2H3. The maximum Gasteiger partial charge on any atom is 0.142 e. The van der Waals surface area contributed by atoms with Gasteiger partial charge in [0.15, 0.2) is 0 Å². The summed E-state index contributed by atoms with van der Waals surface area (Å²) < 4.78 is 21.4. The van der Waals surface area contributed by atoms with E-state index in [-0.39, 0.29) is 0 Å². The summed E-state index contributed by atoms with van der Waals surface area (Å²) in [5, 5.41) is 0. The van der Waals surface area contributed by atoms with Crippen molar-refractivity contribution in [3.63, 3.8) is 0 Å². The largest absolute Gasteiger partial charge is 0.321 e. The summed E-state index contributed by atoms with van der Waals surface area (Å²) in [6.45, 7) is 2.85. The Balaban J connectivity index is 3.48. The molecule has 0 saturated heterocycles. The zero-order valence-electron chi connectivity index (χ0n) is 3.94. The topological polar surface area (TPSA) is 17.1 Å². The molecule has 0 aromatic heterocycles. The van der Waals surface area contributed by atoms with Gasteiger partial charge in [-0.05, 0) is 13.3 Å². The van der Waals surface area contributed by atoms with Crippen molar-refractivity contribution >= 4 is 7.14 Å². The normalized spacial score (nSPS) is 11.8. The second-order valence-corrected chi connectivity index (χ2v) is 5.08. The molecule has 0 bridgehead atoms. The molecule has 0 aliphatic carbocycles. The van der Waals surface area contributed by atoms with Crippen molar-refractivity contribution in [2.45, 2.75) is 0 Å². The summed E-state index contributed by atoms with van der Waals surface area (Å²) in [5.41, 5.74) is 0. The Morgan fingerprint density at radius 2 is 1.83 bits per heavy atom. The van der Waals surface area contributed by atoms with Gasteiger partial charge in [0.25, 0.3) is 0 Å². The number of hydrogen-bond acceptors (Lipinski definition) is 1. The van der Waals surface area contributed by atoms with Gasteiger partial charge in [0.1, 0.15) is 13.6 Å². The van der Waals surface area contributed by atoms with E-state index < -0.39 is 13.6 Å². The first-order valence-electron chi connectivity index (χ1n) is 1.66. The minimum Gasteiger partial charge on any atom is -0.321 e. The van der Waals surface area contributed by atoms with E-state index in [0.29, 0.717) is 0 Å². The van der Waals surface area contributed by atoms with Crippen LogP contribution >= 0.6 is 7.14 Å². The average Bonchev–Trinajstić information content (AvgIpc) is 1.35. The zero-order valence-corrected chi connectivity index (χ0v) is 4.83. The van der Waals surface area contributed by atoms with E-state index in [0.717, 1.165) is 0 Å². The quantitative estimate of drug-likeness (QED) is 0.468. The van der Waals surface area contributed by atoms with E-state index in [1.165, 1.54) is 13.3 Å². The molecule has 0 radical (unpaired) electrons. The SMILES string of the molecule is CP(C)(=O)CF. The summed E-state index contributed by atoms with van der Waals surface area (Å²) in [7, 11) is -2.31. The molecular formula is C3H8FOP. The fourth-order valence-electron chi connectivity index (χ4n) is 0. The van der Waals surface area contributed by atoms with Crippen molar-refractivity contribution in [2.75, 3.05) is 19.7 Å². The van der Waals surface area contributed by atoms with E-state index in [4.69, 9.17) is 0 Å². The fraction of sp³-hybridized carbons (Fsp3) is 1.00. The van der Waals surface area contributed by atoms with Gasteiger partial charge >= 0.3 is 0 Å². The Morgan fingerprint density at radius 1 is 1.67 bits per heavy atom. The lowest BCUT2D eigenvalue weighted by molar-refractivity contribution is 0.537. The van der Waals surface area contributed by atoms with Crippen LogP contribution in [0.25, 0.3) is 0 Å². The molecule has 0 atom stereocenters. The molecule has 6 heavy (non-hydrogen) atoms. The highest BCUT2D eigenvalue weighted by Gasteiger charge is 2.02. The molecule has 3 heteroatoms. The van der Waals surface area contributed by atoms with Gasteiger partial charge in [-0.25, -0.2) is 4.39 Å². The molecule has 0 fully saturated rings. The van der Waals surface area contributed by atoms with Crippen molar-refractivity contribution in [1.29, 1.82) is 0 Å². The molecule has 0 amide bonds. The smallest absolute Gasteiger partial charge is 0.142 e. The molecule has 0 spiro atoms. The van der Waals surface area contributed by atoms with Gasteiger partial charge in [0.05, 0.1) is 0 Å². The first-order valence-corrected chi connectivity index (χ1v) is 4.45. The highest BCUT2D eigenvalue weighted by molar-refractivity contribution is 7.62.